The molecule has 0 saturated carbocycles. The summed E-state index contributed by atoms with van der Waals surface area (Å²) in [6.07, 6.45) is 1.94. The Morgan fingerprint density at radius 2 is 0.860 bits per heavy atom. The first-order valence-electron chi connectivity index (χ1n) is 30.0. The molecule has 412 valence electrons. The van der Waals surface area contributed by atoms with E-state index in [4.69, 9.17) is 4.74 Å². The summed E-state index contributed by atoms with van der Waals surface area (Å²) in [5.74, 6) is 0.207. The van der Waals surface area contributed by atoms with E-state index in [9.17, 15) is 4.79 Å². The fourth-order valence-electron chi connectivity index (χ4n) is 13.4. The molecule has 0 aliphatic carbocycles. The van der Waals surface area contributed by atoms with E-state index in [-0.39, 0.29) is 5.97 Å². The molecule has 1 unspecified atom stereocenters. The van der Waals surface area contributed by atoms with Gasteiger partial charge < -0.3 is 18.4 Å². The highest BCUT2D eigenvalue weighted by atomic mass is 32.1. The summed E-state index contributed by atoms with van der Waals surface area (Å²) in [4.78, 5) is 12.9. The zero-order valence-corrected chi connectivity index (χ0v) is 48.7. The third-order valence-corrected chi connectivity index (χ3v) is 19.1. The third kappa shape index (κ3) is 8.70. The molecule has 1 atom stereocenters. The standard InChI is InChI=1S/C80H59N3O2S/c1-3-51(2)50-85-79(84)42-37-53-21-7-8-26-62(53)57-36-40-77-69(46-57)66-30-12-16-34-75(66)83(77)61-38-41-78-70(49-61)71-48-58(54-22-17-24-59(43-54)81-72-31-13-9-27-63(72)64-28-10-14-32-73(64)81)47-67(80(71)86-78)56-23-18-25-60(44-56)82-74-33-15-11-29-65(74)68-45-55(35-39-76(68)82)52-19-5-4-6-20-52/h4-36,38-41,43-49,51H,3,37,42,50H2,1-2H3. The maximum Gasteiger partial charge on any atom is 0.306 e. The highest BCUT2D eigenvalue weighted by molar-refractivity contribution is 7.26. The van der Waals surface area contributed by atoms with Crippen molar-refractivity contribution >= 4 is 103 Å². The molecular formula is C80H59N3O2S. The van der Waals surface area contributed by atoms with E-state index in [0.717, 1.165) is 67.9 Å². The fourth-order valence-corrected chi connectivity index (χ4v) is 14.6. The zero-order chi connectivity index (χ0) is 57.4. The number of para-hydroxylation sites is 4. The molecule has 6 heteroatoms. The van der Waals surface area contributed by atoms with Gasteiger partial charge >= 0.3 is 5.97 Å². The lowest BCUT2D eigenvalue weighted by atomic mass is 9.95. The molecule has 4 aromatic heterocycles. The summed E-state index contributed by atoms with van der Waals surface area (Å²) >= 11 is 1.87. The van der Waals surface area contributed by atoms with E-state index in [1.165, 1.54) is 91.2 Å². The number of hydrogen-bond donors (Lipinski definition) is 0. The first-order valence-corrected chi connectivity index (χ1v) is 30.8. The molecule has 5 nitrogen and oxygen atoms in total. The number of rotatable bonds is 13. The lowest BCUT2D eigenvalue weighted by Gasteiger charge is -2.14. The number of aryl methyl sites for hydroxylation is 1. The second-order valence-electron chi connectivity index (χ2n) is 23.0. The molecule has 86 heavy (non-hydrogen) atoms. The molecule has 0 aliphatic heterocycles. The second-order valence-corrected chi connectivity index (χ2v) is 24.1. The first-order chi connectivity index (χ1) is 42.4. The number of thiophene rings is 1. The predicted molar refractivity (Wildman–Crippen MR) is 363 cm³/mol. The van der Waals surface area contributed by atoms with Gasteiger partial charge in [0.05, 0.1) is 39.7 Å². The van der Waals surface area contributed by atoms with Gasteiger partial charge in [0.15, 0.2) is 0 Å². The molecule has 0 aliphatic rings. The van der Waals surface area contributed by atoms with Gasteiger partial charge in [-0.25, -0.2) is 0 Å². The minimum Gasteiger partial charge on any atom is -0.465 e. The number of ether oxygens (including phenoxy) is 1. The molecule has 0 N–H and O–H groups in total. The van der Waals surface area contributed by atoms with Crippen LogP contribution >= 0.6 is 11.3 Å². The van der Waals surface area contributed by atoms with Gasteiger partial charge in [0.2, 0.25) is 0 Å². The Bertz CT molecular complexity index is 5290. The first kappa shape index (κ1) is 51.4. The normalized spacial score (nSPS) is 12.3. The van der Waals surface area contributed by atoms with Crippen LogP contribution in [0.5, 0.6) is 0 Å². The number of nitrogens with zero attached hydrogens (tertiary/aromatic N) is 3. The van der Waals surface area contributed by atoms with Crippen LogP contribution in [0.2, 0.25) is 0 Å². The van der Waals surface area contributed by atoms with E-state index in [2.05, 4.69) is 294 Å². The van der Waals surface area contributed by atoms with Crippen LogP contribution in [0.3, 0.4) is 0 Å². The number of esters is 1. The molecule has 12 aromatic carbocycles. The summed E-state index contributed by atoms with van der Waals surface area (Å²) in [5.41, 5.74) is 20.9. The van der Waals surface area contributed by atoms with Crippen LogP contribution in [-0.4, -0.2) is 26.3 Å². The Labute approximate surface area is 502 Å². The van der Waals surface area contributed by atoms with Crippen LogP contribution in [0.1, 0.15) is 32.3 Å². The molecule has 0 amide bonds. The van der Waals surface area contributed by atoms with Gasteiger partial charge in [-0.05, 0) is 160 Å². The highest BCUT2D eigenvalue weighted by Crippen LogP contribution is 2.46. The molecule has 0 spiro atoms. The van der Waals surface area contributed by atoms with E-state index in [1.54, 1.807) is 0 Å². The van der Waals surface area contributed by atoms with Crippen molar-refractivity contribution in [2.45, 2.75) is 33.1 Å². The maximum atomic E-state index is 12.9. The van der Waals surface area contributed by atoms with Crippen molar-refractivity contribution in [2.75, 3.05) is 6.61 Å². The number of carbonyl (C=O) groups is 1. The van der Waals surface area contributed by atoms with Gasteiger partial charge in [0.1, 0.15) is 0 Å². The van der Waals surface area contributed by atoms with E-state index in [0.29, 0.717) is 25.4 Å². The van der Waals surface area contributed by atoms with Crippen molar-refractivity contribution in [3.63, 3.8) is 0 Å². The highest BCUT2D eigenvalue weighted by Gasteiger charge is 2.21. The quantitative estimate of drug-likeness (QED) is 0.108. The van der Waals surface area contributed by atoms with Gasteiger partial charge in [0.25, 0.3) is 0 Å². The van der Waals surface area contributed by atoms with Crippen LogP contribution in [0, 0.1) is 5.92 Å². The number of carbonyl (C=O) groups excluding carboxylic acids is 1. The number of fused-ring (bicyclic) bond motifs is 12. The number of hydrogen-bond acceptors (Lipinski definition) is 3. The van der Waals surface area contributed by atoms with E-state index in [1.807, 2.05) is 11.3 Å². The Morgan fingerprint density at radius 3 is 1.50 bits per heavy atom. The molecule has 16 rings (SSSR count). The fraction of sp³-hybridized carbons (Fsp3) is 0.0875. The van der Waals surface area contributed by atoms with Gasteiger partial charge in [-0.2, -0.15) is 0 Å². The number of aromatic nitrogens is 3. The third-order valence-electron chi connectivity index (χ3n) is 17.9. The smallest absolute Gasteiger partial charge is 0.306 e. The van der Waals surface area contributed by atoms with Gasteiger partial charge in [-0.3, -0.25) is 4.79 Å². The average molecular weight is 1130 g/mol. The largest absolute Gasteiger partial charge is 0.465 e. The van der Waals surface area contributed by atoms with Crippen molar-refractivity contribution in [1.29, 1.82) is 0 Å². The predicted octanol–water partition coefficient (Wildman–Crippen LogP) is 21.5. The Morgan fingerprint density at radius 1 is 0.384 bits per heavy atom. The lowest BCUT2D eigenvalue weighted by Crippen LogP contribution is -2.12. The van der Waals surface area contributed by atoms with Crippen molar-refractivity contribution in [3.05, 3.63) is 272 Å². The minimum atomic E-state index is -0.144. The van der Waals surface area contributed by atoms with Crippen molar-refractivity contribution in [2.24, 2.45) is 5.92 Å². The Kier molecular flexibility index (Phi) is 12.6. The van der Waals surface area contributed by atoms with Crippen molar-refractivity contribution in [1.82, 2.24) is 13.7 Å². The molecule has 16 aromatic rings. The summed E-state index contributed by atoms with van der Waals surface area (Å²) in [7, 11) is 0. The van der Waals surface area contributed by atoms with Gasteiger partial charge in [0, 0.05) is 81.5 Å². The van der Waals surface area contributed by atoms with Gasteiger partial charge in [-0.1, -0.05) is 184 Å². The molecule has 0 radical (unpaired) electrons. The maximum absolute atomic E-state index is 12.9. The summed E-state index contributed by atoms with van der Waals surface area (Å²) in [6.45, 7) is 4.71. The molecule has 4 heterocycles. The van der Waals surface area contributed by atoms with Crippen LogP contribution in [0.25, 0.3) is 147 Å². The van der Waals surface area contributed by atoms with Crippen molar-refractivity contribution < 1.29 is 9.53 Å². The molecule has 0 fully saturated rings. The lowest BCUT2D eigenvalue weighted by molar-refractivity contribution is -0.144. The van der Waals surface area contributed by atoms with Crippen molar-refractivity contribution in [3.8, 4) is 61.6 Å². The molecule has 0 saturated heterocycles. The van der Waals surface area contributed by atoms with Crippen LogP contribution in [-0.2, 0) is 16.0 Å². The molecule has 0 bridgehead atoms. The minimum absolute atomic E-state index is 0.144. The number of benzene rings is 12. The van der Waals surface area contributed by atoms with E-state index < -0.39 is 0 Å². The summed E-state index contributed by atoms with van der Waals surface area (Å²) < 4.78 is 15.4. The Hall–Kier alpha value is -10.3. The molecular weight excluding hydrogens is 1070 g/mol. The van der Waals surface area contributed by atoms with Crippen LogP contribution < -0.4 is 0 Å². The monoisotopic (exact) mass is 1130 g/mol. The zero-order valence-electron chi connectivity index (χ0n) is 47.9. The van der Waals surface area contributed by atoms with Gasteiger partial charge in [-0.15, -0.1) is 11.3 Å². The van der Waals surface area contributed by atoms with Crippen LogP contribution in [0.15, 0.2) is 267 Å². The topological polar surface area (TPSA) is 41.1 Å². The average Bonchev–Trinajstić information content (AvgIpc) is 1.88. The second kappa shape index (κ2) is 21.1. The van der Waals surface area contributed by atoms with Crippen LogP contribution in [0.4, 0.5) is 0 Å². The van der Waals surface area contributed by atoms with E-state index >= 15 is 0 Å². The Balaban J connectivity index is 0.858. The SMILES string of the molecule is CCC(C)COC(=O)CCc1ccccc1-c1ccc2c(c1)c1ccccc1n2-c1ccc2sc3c(-c4cccc(-n5c6ccccc6c6cc(-c7ccccc7)ccc65)c4)cc(-c4cccc(-n5c6ccccc6c6ccccc65)c4)cc3c2c1. The summed E-state index contributed by atoms with van der Waals surface area (Å²) in [6, 6.07) is 98.3. The summed E-state index contributed by atoms with van der Waals surface area (Å²) in [5, 5.41) is 9.77.